The van der Waals surface area contributed by atoms with E-state index < -0.39 is 0 Å². The van der Waals surface area contributed by atoms with E-state index in [9.17, 15) is 0 Å². The molecule has 4 nitrogen and oxygen atoms in total. The predicted molar refractivity (Wildman–Crippen MR) is 79.6 cm³/mol. The molecule has 1 fully saturated rings. The van der Waals surface area contributed by atoms with Gasteiger partial charge in [-0.05, 0) is 11.8 Å². The predicted octanol–water partition coefficient (Wildman–Crippen LogP) is 1.75. The van der Waals surface area contributed by atoms with E-state index in [-0.39, 0.29) is 0 Å². The second-order valence-corrected chi connectivity index (χ2v) is 6.50. The number of nitrogens with one attached hydrogen (secondary N) is 1. The Morgan fingerprint density at radius 2 is 1.95 bits per heavy atom. The summed E-state index contributed by atoms with van der Waals surface area (Å²) in [7, 11) is 1.71. The first-order valence-corrected chi connectivity index (χ1v) is 7.53. The minimum absolute atomic E-state index is 0.304. The summed E-state index contributed by atoms with van der Waals surface area (Å²) in [4.78, 5) is 2.59. The van der Waals surface area contributed by atoms with Crippen LogP contribution in [0.4, 0.5) is 0 Å². The third-order valence-corrected chi connectivity index (χ3v) is 3.94. The Labute approximate surface area is 118 Å². The van der Waals surface area contributed by atoms with E-state index >= 15 is 0 Å². The SMILES string of the molecule is CCC1CN(CCOCCOC)C(C(C)(C)C)CN1. The molecule has 0 radical (unpaired) electrons. The van der Waals surface area contributed by atoms with Crippen LogP contribution < -0.4 is 5.32 Å². The molecule has 4 heteroatoms. The van der Waals surface area contributed by atoms with Crippen LogP contribution in [0.1, 0.15) is 34.1 Å². The highest BCUT2D eigenvalue weighted by molar-refractivity contribution is 4.91. The maximum absolute atomic E-state index is 5.62. The van der Waals surface area contributed by atoms with E-state index in [4.69, 9.17) is 9.47 Å². The molecule has 1 aliphatic rings. The molecule has 1 heterocycles. The Balaban J connectivity index is 2.42. The Morgan fingerprint density at radius 1 is 1.21 bits per heavy atom. The van der Waals surface area contributed by atoms with Gasteiger partial charge < -0.3 is 14.8 Å². The van der Waals surface area contributed by atoms with Crippen LogP contribution >= 0.6 is 0 Å². The summed E-state index contributed by atoms with van der Waals surface area (Å²) in [5.74, 6) is 0. The maximum atomic E-state index is 5.62. The molecule has 0 aromatic carbocycles. The zero-order valence-electron chi connectivity index (χ0n) is 13.4. The zero-order chi connectivity index (χ0) is 14.3. The van der Waals surface area contributed by atoms with Crippen LogP contribution in [0.25, 0.3) is 0 Å². The van der Waals surface area contributed by atoms with E-state index in [1.165, 1.54) is 6.42 Å². The van der Waals surface area contributed by atoms with Crippen molar-refractivity contribution in [2.24, 2.45) is 5.41 Å². The van der Waals surface area contributed by atoms with Gasteiger partial charge in [-0.1, -0.05) is 27.7 Å². The number of hydrogen-bond acceptors (Lipinski definition) is 4. The Kier molecular flexibility index (Phi) is 7.29. The Hall–Kier alpha value is -0.160. The first-order chi connectivity index (χ1) is 8.99. The fraction of sp³-hybridized carbons (Fsp3) is 1.00. The number of rotatable bonds is 7. The summed E-state index contributed by atoms with van der Waals surface area (Å²) < 4.78 is 10.6. The third-order valence-electron chi connectivity index (χ3n) is 3.94. The van der Waals surface area contributed by atoms with Gasteiger partial charge in [-0.25, -0.2) is 0 Å². The van der Waals surface area contributed by atoms with Gasteiger partial charge in [0.05, 0.1) is 19.8 Å². The highest BCUT2D eigenvalue weighted by Gasteiger charge is 2.34. The molecule has 1 rings (SSSR count). The zero-order valence-corrected chi connectivity index (χ0v) is 13.4. The molecule has 2 unspecified atom stereocenters. The minimum Gasteiger partial charge on any atom is -0.382 e. The van der Waals surface area contributed by atoms with E-state index in [1.54, 1.807) is 7.11 Å². The molecule has 0 saturated carbocycles. The summed E-state index contributed by atoms with van der Waals surface area (Å²) in [6.07, 6.45) is 1.19. The second-order valence-electron chi connectivity index (χ2n) is 6.50. The molecule has 0 amide bonds. The number of ether oxygens (including phenoxy) is 2. The molecular formula is C15H32N2O2. The molecule has 0 aromatic rings. The number of nitrogens with zero attached hydrogens (tertiary/aromatic N) is 1. The standard InChI is InChI=1S/C15H32N2O2/c1-6-13-12-17(7-8-19-10-9-18-5)14(11-16-13)15(2,3)4/h13-14,16H,6-12H2,1-5H3. The summed E-state index contributed by atoms with van der Waals surface area (Å²) >= 11 is 0. The van der Waals surface area contributed by atoms with Crippen LogP contribution in [0.3, 0.4) is 0 Å². The molecule has 1 N–H and O–H groups in total. The molecule has 0 spiro atoms. The van der Waals surface area contributed by atoms with Gasteiger partial charge in [0.25, 0.3) is 0 Å². The molecule has 0 aromatic heterocycles. The van der Waals surface area contributed by atoms with E-state index in [1.807, 2.05) is 0 Å². The van der Waals surface area contributed by atoms with E-state index in [0.717, 1.165) is 26.2 Å². The summed E-state index contributed by atoms with van der Waals surface area (Å²) in [6.45, 7) is 14.6. The van der Waals surface area contributed by atoms with Crippen LogP contribution in [-0.4, -0.2) is 63.5 Å². The van der Waals surface area contributed by atoms with Crippen molar-refractivity contribution in [2.45, 2.75) is 46.2 Å². The van der Waals surface area contributed by atoms with Crippen LogP contribution in [0.15, 0.2) is 0 Å². The first-order valence-electron chi connectivity index (χ1n) is 7.53. The Bertz CT molecular complexity index is 241. The van der Waals surface area contributed by atoms with Gasteiger partial charge in [0.1, 0.15) is 0 Å². The van der Waals surface area contributed by atoms with Crippen LogP contribution in [-0.2, 0) is 9.47 Å². The molecule has 0 bridgehead atoms. The van der Waals surface area contributed by atoms with Crippen molar-refractivity contribution in [2.75, 3.05) is 46.6 Å². The van der Waals surface area contributed by atoms with E-state index in [2.05, 4.69) is 37.9 Å². The summed E-state index contributed by atoms with van der Waals surface area (Å²) in [5.41, 5.74) is 0.304. The topological polar surface area (TPSA) is 33.7 Å². The maximum Gasteiger partial charge on any atom is 0.0700 e. The van der Waals surface area contributed by atoms with Crippen molar-refractivity contribution >= 4 is 0 Å². The fourth-order valence-corrected chi connectivity index (χ4v) is 2.68. The molecular weight excluding hydrogens is 240 g/mol. The van der Waals surface area contributed by atoms with Crippen molar-refractivity contribution in [1.29, 1.82) is 0 Å². The van der Waals surface area contributed by atoms with Gasteiger partial charge in [-0.3, -0.25) is 4.90 Å². The normalized spacial score (nSPS) is 25.7. The van der Waals surface area contributed by atoms with Crippen LogP contribution in [0, 0.1) is 5.41 Å². The Morgan fingerprint density at radius 3 is 2.53 bits per heavy atom. The average molecular weight is 272 g/mol. The molecule has 1 aliphatic heterocycles. The number of methoxy groups -OCH3 is 1. The van der Waals surface area contributed by atoms with Crippen molar-refractivity contribution in [1.82, 2.24) is 10.2 Å². The van der Waals surface area contributed by atoms with E-state index in [0.29, 0.717) is 30.7 Å². The average Bonchev–Trinajstić information content (AvgIpc) is 2.37. The lowest BCUT2D eigenvalue weighted by Crippen LogP contribution is -2.60. The van der Waals surface area contributed by atoms with Crippen LogP contribution in [0.2, 0.25) is 0 Å². The van der Waals surface area contributed by atoms with Gasteiger partial charge in [-0.2, -0.15) is 0 Å². The first kappa shape index (κ1) is 16.9. The lowest BCUT2D eigenvalue weighted by Gasteiger charge is -2.46. The third kappa shape index (κ3) is 5.78. The van der Waals surface area contributed by atoms with Crippen molar-refractivity contribution < 1.29 is 9.47 Å². The van der Waals surface area contributed by atoms with Crippen molar-refractivity contribution in [3.05, 3.63) is 0 Å². The lowest BCUT2D eigenvalue weighted by molar-refractivity contribution is 0.0133. The van der Waals surface area contributed by atoms with Crippen molar-refractivity contribution in [3.63, 3.8) is 0 Å². The number of piperazine rings is 1. The summed E-state index contributed by atoms with van der Waals surface area (Å²) in [5, 5.41) is 3.66. The molecule has 2 atom stereocenters. The van der Waals surface area contributed by atoms with Gasteiger partial charge in [0, 0.05) is 38.8 Å². The summed E-state index contributed by atoms with van der Waals surface area (Å²) in [6, 6.07) is 1.21. The molecule has 114 valence electrons. The smallest absolute Gasteiger partial charge is 0.0700 e. The van der Waals surface area contributed by atoms with Gasteiger partial charge >= 0.3 is 0 Å². The highest BCUT2D eigenvalue weighted by atomic mass is 16.5. The van der Waals surface area contributed by atoms with Gasteiger partial charge in [0.2, 0.25) is 0 Å². The molecule has 19 heavy (non-hydrogen) atoms. The number of hydrogen-bond donors (Lipinski definition) is 1. The highest BCUT2D eigenvalue weighted by Crippen LogP contribution is 2.26. The van der Waals surface area contributed by atoms with Gasteiger partial charge in [0.15, 0.2) is 0 Å². The minimum atomic E-state index is 0.304. The fourth-order valence-electron chi connectivity index (χ4n) is 2.68. The molecule has 0 aliphatic carbocycles. The monoisotopic (exact) mass is 272 g/mol. The van der Waals surface area contributed by atoms with Crippen molar-refractivity contribution in [3.8, 4) is 0 Å². The second kappa shape index (κ2) is 8.20. The largest absolute Gasteiger partial charge is 0.382 e. The lowest BCUT2D eigenvalue weighted by atomic mass is 9.83. The quantitative estimate of drug-likeness (QED) is 0.716. The molecule has 1 saturated heterocycles. The van der Waals surface area contributed by atoms with Gasteiger partial charge in [-0.15, -0.1) is 0 Å². The van der Waals surface area contributed by atoms with Crippen LogP contribution in [0.5, 0.6) is 0 Å².